The highest BCUT2D eigenvalue weighted by molar-refractivity contribution is 6.02. The van der Waals surface area contributed by atoms with Gasteiger partial charge in [-0.25, -0.2) is 0 Å². The molecule has 8 unspecified atom stereocenters. The molecule has 1 amide bonds. The zero-order valence-electron chi connectivity index (χ0n) is 24.5. The van der Waals surface area contributed by atoms with Crippen molar-refractivity contribution in [2.75, 3.05) is 0 Å². The van der Waals surface area contributed by atoms with Gasteiger partial charge in [0.25, 0.3) is 5.91 Å². The Morgan fingerprint density at radius 2 is 1.65 bits per heavy atom. The minimum absolute atomic E-state index is 0.0440. The number of fused-ring (bicyclic) bond motifs is 7. The number of allylic oxidation sites excluding steroid dienone is 4. The molecule has 0 heterocycles. The standard InChI is InChI=1S/C35H42N2O3/c1-21-24-11-13-33(4)25-12-14-35(37-31(40)22-9-7-6-8-10-22)16-15-32(2,3)19-26(35)29(25)27(38)17-28(33)34(24,5)18-23(20-36)30(21)39/h6-10,17-18,21,24-26,29H,11-16,19H2,1-5H3,(H,37,40). The van der Waals surface area contributed by atoms with E-state index in [1.165, 1.54) is 0 Å². The van der Waals surface area contributed by atoms with Crippen LogP contribution in [0.4, 0.5) is 0 Å². The summed E-state index contributed by atoms with van der Waals surface area (Å²) >= 11 is 0. The van der Waals surface area contributed by atoms with E-state index in [2.05, 4.69) is 39.1 Å². The van der Waals surface area contributed by atoms with Crippen molar-refractivity contribution >= 4 is 17.5 Å². The average molecular weight is 539 g/mol. The van der Waals surface area contributed by atoms with Crippen molar-refractivity contribution in [3.63, 3.8) is 0 Å². The van der Waals surface area contributed by atoms with E-state index in [9.17, 15) is 19.6 Å². The maximum atomic E-state index is 14.4. The van der Waals surface area contributed by atoms with Crippen LogP contribution in [0.3, 0.4) is 0 Å². The van der Waals surface area contributed by atoms with Gasteiger partial charge in [-0.15, -0.1) is 0 Å². The van der Waals surface area contributed by atoms with Gasteiger partial charge in [0.2, 0.25) is 0 Å². The van der Waals surface area contributed by atoms with E-state index in [4.69, 9.17) is 0 Å². The van der Waals surface area contributed by atoms with E-state index in [0.717, 1.165) is 50.5 Å². The molecule has 1 N–H and O–H groups in total. The number of hydrogen-bond acceptors (Lipinski definition) is 4. The van der Waals surface area contributed by atoms with Crippen LogP contribution in [0.25, 0.3) is 0 Å². The average Bonchev–Trinajstić information content (AvgIpc) is 2.92. The Bertz CT molecular complexity index is 1380. The van der Waals surface area contributed by atoms with Gasteiger partial charge in [-0.2, -0.15) is 5.26 Å². The van der Waals surface area contributed by atoms with E-state index in [0.29, 0.717) is 5.56 Å². The minimum atomic E-state index is -0.478. The van der Waals surface area contributed by atoms with Gasteiger partial charge < -0.3 is 5.32 Å². The number of hydrogen-bond donors (Lipinski definition) is 1. The van der Waals surface area contributed by atoms with Crippen molar-refractivity contribution < 1.29 is 14.4 Å². The Labute approximate surface area is 238 Å². The first-order valence-corrected chi connectivity index (χ1v) is 15.2. The zero-order valence-corrected chi connectivity index (χ0v) is 24.5. The van der Waals surface area contributed by atoms with E-state index >= 15 is 0 Å². The second-order valence-corrected chi connectivity index (χ2v) is 14.8. The number of nitriles is 1. The van der Waals surface area contributed by atoms with Crippen LogP contribution >= 0.6 is 0 Å². The van der Waals surface area contributed by atoms with Crippen LogP contribution in [0.15, 0.2) is 53.6 Å². The lowest BCUT2D eigenvalue weighted by atomic mass is 9.40. The third kappa shape index (κ3) is 3.81. The van der Waals surface area contributed by atoms with Gasteiger partial charge in [0, 0.05) is 28.4 Å². The van der Waals surface area contributed by atoms with Gasteiger partial charge in [-0.05, 0) is 91.7 Å². The number of benzene rings is 1. The summed E-state index contributed by atoms with van der Waals surface area (Å²) in [5, 5.41) is 13.3. The summed E-state index contributed by atoms with van der Waals surface area (Å²) in [7, 11) is 0. The van der Waals surface area contributed by atoms with Crippen LogP contribution in [-0.2, 0) is 9.59 Å². The lowest BCUT2D eigenvalue weighted by Gasteiger charge is -2.64. The molecular formula is C35H42N2O3. The van der Waals surface area contributed by atoms with Crippen molar-refractivity contribution in [2.45, 2.75) is 85.1 Å². The number of carbonyl (C=O) groups excluding carboxylic acids is 3. The van der Waals surface area contributed by atoms with Crippen LogP contribution in [0.2, 0.25) is 0 Å². The molecule has 5 aliphatic carbocycles. The molecule has 0 aromatic heterocycles. The molecule has 5 heteroatoms. The number of amides is 1. The molecule has 0 bridgehead atoms. The van der Waals surface area contributed by atoms with Crippen LogP contribution in [-0.4, -0.2) is 23.0 Å². The molecule has 0 saturated heterocycles. The maximum Gasteiger partial charge on any atom is 0.251 e. The molecule has 0 radical (unpaired) electrons. The lowest BCUT2D eigenvalue weighted by molar-refractivity contribution is -0.139. The smallest absolute Gasteiger partial charge is 0.251 e. The number of Topliss-reactive ketones (excluding diaryl/α,β-unsaturated/α-hetero) is 1. The summed E-state index contributed by atoms with van der Waals surface area (Å²) < 4.78 is 0. The van der Waals surface area contributed by atoms with Gasteiger partial charge in [0.1, 0.15) is 6.07 Å². The number of ketones is 2. The van der Waals surface area contributed by atoms with Gasteiger partial charge >= 0.3 is 0 Å². The van der Waals surface area contributed by atoms with Crippen molar-refractivity contribution in [1.29, 1.82) is 5.26 Å². The van der Waals surface area contributed by atoms with Gasteiger partial charge in [0.15, 0.2) is 11.6 Å². The summed E-state index contributed by atoms with van der Waals surface area (Å²) in [6.07, 6.45) is 10.3. The molecule has 5 nitrogen and oxygen atoms in total. The number of rotatable bonds is 2. The van der Waals surface area contributed by atoms with Crippen LogP contribution < -0.4 is 5.32 Å². The van der Waals surface area contributed by atoms with E-state index < -0.39 is 5.41 Å². The van der Waals surface area contributed by atoms with E-state index in [1.807, 2.05) is 49.4 Å². The van der Waals surface area contributed by atoms with Crippen LogP contribution in [0.5, 0.6) is 0 Å². The third-order valence-electron chi connectivity index (χ3n) is 12.1. The van der Waals surface area contributed by atoms with Gasteiger partial charge in [-0.1, -0.05) is 64.5 Å². The fraction of sp³-hybridized carbons (Fsp3) is 0.600. The zero-order chi connectivity index (χ0) is 28.7. The van der Waals surface area contributed by atoms with Crippen molar-refractivity contribution in [3.8, 4) is 6.07 Å². The van der Waals surface area contributed by atoms with Crippen LogP contribution in [0, 0.1) is 57.2 Å². The number of carbonyl (C=O) groups is 3. The fourth-order valence-electron chi connectivity index (χ4n) is 10.0. The third-order valence-corrected chi connectivity index (χ3v) is 12.1. The predicted molar refractivity (Wildman–Crippen MR) is 154 cm³/mol. The molecule has 40 heavy (non-hydrogen) atoms. The topological polar surface area (TPSA) is 87.0 Å². The first-order valence-electron chi connectivity index (χ1n) is 15.2. The molecule has 210 valence electrons. The second kappa shape index (κ2) is 9.00. The minimum Gasteiger partial charge on any atom is -0.346 e. The van der Waals surface area contributed by atoms with Crippen molar-refractivity contribution in [3.05, 3.63) is 59.2 Å². The molecule has 6 rings (SSSR count). The molecule has 0 spiro atoms. The van der Waals surface area contributed by atoms with Crippen LogP contribution in [0.1, 0.15) is 89.9 Å². The fourth-order valence-corrected chi connectivity index (χ4v) is 10.0. The van der Waals surface area contributed by atoms with Gasteiger partial charge in [-0.3, -0.25) is 14.4 Å². The highest BCUT2D eigenvalue weighted by Crippen LogP contribution is 2.68. The molecule has 0 aliphatic heterocycles. The lowest BCUT2D eigenvalue weighted by Crippen LogP contribution is -2.66. The quantitative estimate of drug-likeness (QED) is 0.459. The summed E-state index contributed by atoms with van der Waals surface area (Å²) in [5.74, 6) is 0.0684. The Morgan fingerprint density at radius 1 is 0.950 bits per heavy atom. The van der Waals surface area contributed by atoms with Crippen molar-refractivity contribution in [2.24, 2.45) is 45.8 Å². The highest BCUT2D eigenvalue weighted by Gasteiger charge is 2.64. The Morgan fingerprint density at radius 3 is 2.35 bits per heavy atom. The number of nitrogens with zero attached hydrogens (tertiary/aromatic N) is 1. The summed E-state index contributed by atoms with van der Waals surface area (Å²) in [4.78, 5) is 40.8. The Hall–Kier alpha value is -3.00. The summed E-state index contributed by atoms with van der Waals surface area (Å²) in [6, 6.07) is 11.6. The molecule has 3 saturated carbocycles. The predicted octanol–water partition coefficient (Wildman–Crippen LogP) is 6.61. The number of nitrogens with one attached hydrogen (secondary N) is 1. The van der Waals surface area contributed by atoms with Crippen molar-refractivity contribution in [1.82, 2.24) is 5.32 Å². The second-order valence-electron chi connectivity index (χ2n) is 14.8. The molecule has 3 fully saturated rings. The summed E-state index contributed by atoms with van der Waals surface area (Å²) in [6.45, 7) is 11.1. The van der Waals surface area contributed by atoms with E-state index in [-0.39, 0.29) is 69.0 Å². The highest BCUT2D eigenvalue weighted by atomic mass is 16.2. The normalized spacial score (nSPS) is 41.6. The Balaban J connectivity index is 1.42. The molecule has 5 aliphatic rings. The molecule has 8 atom stereocenters. The molecular weight excluding hydrogens is 496 g/mol. The van der Waals surface area contributed by atoms with E-state index in [1.54, 1.807) is 0 Å². The largest absolute Gasteiger partial charge is 0.346 e. The molecule has 1 aromatic rings. The first-order chi connectivity index (χ1) is 18.9. The summed E-state index contributed by atoms with van der Waals surface area (Å²) in [5.41, 5.74) is 1.09. The molecule has 1 aromatic carbocycles. The first kappa shape index (κ1) is 27.2. The Kier molecular flexibility index (Phi) is 6.12. The van der Waals surface area contributed by atoms with Gasteiger partial charge in [0.05, 0.1) is 5.57 Å². The monoisotopic (exact) mass is 538 g/mol. The maximum absolute atomic E-state index is 14.4. The SMILES string of the molecule is CC1C(=O)C(C#N)=CC2(C)C3=CC(=O)C4C5CC(C)(C)CCC5(NC(=O)c5ccccc5)CCC4C3(C)CCC12.